The van der Waals surface area contributed by atoms with Gasteiger partial charge in [-0.3, -0.25) is 0 Å². The highest BCUT2D eigenvalue weighted by atomic mass is 79.9. The Kier molecular flexibility index (Phi) is 3.68. The Morgan fingerprint density at radius 1 is 1.12 bits per heavy atom. The van der Waals surface area contributed by atoms with Crippen molar-refractivity contribution in [3.63, 3.8) is 0 Å². The van der Waals surface area contributed by atoms with Crippen molar-refractivity contribution in [2.75, 3.05) is 0 Å². The van der Waals surface area contributed by atoms with E-state index in [-0.39, 0.29) is 0 Å². The number of hydrogen-bond donors (Lipinski definition) is 0. The van der Waals surface area contributed by atoms with Crippen LogP contribution in [0.4, 0.5) is 0 Å². The maximum Gasteiger partial charge on any atom is 0.145 e. The van der Waals surface area contributed by atoms with Gasteiger partial charge in [-0.2, -0.15) is 5.26 Å². The summed E-state index contributed by atoms with van der Waals surface area (Å²) in [6.45, 7) is 0. The Hall–Kier alpha value is -1.50. The zero-order valence-electron chi connectivity index (χ0n) is 8.65. The first-order chi connectivity index (χ1) is 8.19. The summed E-state index contributed by atoms with van der Waals surface area (Å²) in [5.41, 5.74) is 0.481. The van der Waals surface area contributed by atoms with Crippen LogP contribution in [0.1, 0.15) is 5.56 Å². The summed E-state index contributed by atoms with van der Waals surface area (Å²) < 4.78 is 6.45. The minimum absolute atomic E-state index is 0.481. The number of nitriles is 1. The first-order valence-electron chi connectivity index (χ1n) is 4.82. The first-order valence-corrected chi connectivity index (χ1v) is 5.99. The fourth-order valence-corrected chi connectivity index (χ4v) is 1.80. The second-order valence-corrected chi connectivity index (χ2v) is 4.66. The molecule has 0 saturated heterocycles. The Morgan fingerprint density at radius 2 is 1.82 bits per heavy atom. The lowest BCUT2D eigenvalue weighted by Crippen LogP contribution is -1.88. The van der Waals surface area contributed by atoms with E-state index in [4.69, 9.17) is 21.6 Å². The molecule has 0 aliphatic rings. The van der Waals surface area contributed by atoms with E-state index in [9.17, 15) is 0 Å². The van der Waals surface area contributed by atoms with Gasteiger partial charge in [-0.05, 0) is 42.5 Å². The molecule has 0 heterocycles. The minimum Gasteiger partial charge on any atom is -0.456 e. The molecule has 0 amide bonds. The Labute approximate surface area is 113 Å². The third-order valence-corrected chi connectivity index (χ3v) is 2.85. The number of rotatable bonds is 2. The summed E-state index contributed by atoms with van der Waals surface area (Å²) in [5, 5.41) is 9.64. The first kappa shape index (κ1) is 12.0. The molecule has 0 atom stereocenters. The van der Waals surface area contributed by atoms with Crippen molar-refractivity contribution in [1.82, 2.24) is 0 Å². The molecule has 0 N–H and O–H groups in total. The average Bonchev–Trinajstić information content (AvgIpc) is 2.34. The van der Waals surface area contributed by atoms with E-state index in [0.29, 0.717) is 22.1 Å². The zero-order chi connectivity index (χ0) is 12.3. The highest BCUT2D eigenvalue weighted by Gasteiger charge is 2.05. The van der Waals surface area contributed by atoms with E-state index < -0.39 is 0 Å². The van der Waals surface area contributed by atoms with Crippen molar-refractivity contribution in [3.8, 4) is 17.6 Å². The van der Waals surface area contributed by atoms with Crippen LogP contribution in [0.3, 0.4) is 0 Å². The van der Waals surface area contributed by atoms with E-state index in [0.717, 1.165) is 4.47 Å². The van der Waals surface area contributed by atoms with Gasteiger partial charge in [0.25, 0.3) is 0 Å². The van der Waals surface area contributed by atoms with Crippen LogP contribution in [-0.4, -0.2) is 0 Å². The van der Waals surface area contributed by atoms with E-state index in [2.05, 4.69) is 22.0 Å². The highest BCUT2D eigenvalue weighted by Crippen LogP contribution is 2.28. The molecule has 2 rings (SSSR count). The number of nitrogens with zero attached hydrogens (tertiary/aromatic N) is 1. The lowest BCUT2D eigenvalue weighted by atomic mass is 10.2. The third kappa shape index (κ3) is 3.00. The van der Waals surface area contributed by atoms with E-state index in [1.807, 2.05) is 6.07 Å². The van der Waals surface area contributed by atoms with Crippen molar-refractivity contribution < 1.29 is 4.74 Å². The molecule has 0 aliphatic carbocycles. The fraction of sp³-hybridized carbons (Fsp3) is 0. The van der Waals surface area contributed by atoms with Gasteiger partial charge in [0.1, 0.15) is 17.6 Å². The van der Waals surface area contributed by atoms with Gasteiger partial charge < -0.3 is 4.74 Å². The zero-order valence-corrected chi connectivity index (χ0v) is 11.0. The molecule has 0 unspecified atom stereocenters. The molecular weight excluding hydrogens is 302 g/mol. The van der Waals surface area contributed by atoms with Gasteiger partial charge in [-0.15, -0.1) is 0 Å². The minimum atomic E-state index is 0.481. The Balaban J connectivity index is 2.30. The monoisotopic (exact) mass is 307 g/mol. The summed E-state index contributed by atoms with van der Waals surface area (Å²) in [4.78, 5) is 0. The summed E-state index contributed by atoms with van der Waals surface area (Å²) in [6, 6.07) is 14.4. The molecule has 0 saturated carbocycles. The van der Waals surface area contributed by atoms with Gasteiger partial charge in [-0.1, -0.05) is 27.5 Å². The Bertz CT molecular complexity index is 575. The topological polar surface area (TPSA) is 33.0 Å². The van der Waals surface area contributed by atoms with E-state index >= 15 is 0 Å². The SMILES string of the molecule is N#Cc1cc(Br)ccc1Oc1ccc(Cl)cc1. The van der Waals surface area contributed by atoms with Crippen LogP contribution in [0.2, 0.25) is 5.02 Å². The maximum atomic E-state index is 8.99. The van der Waals surface area contributed by atoms with Gasteiger partial charge in [-0.25, -0.2) is 0 Å². The summed E-state index contributed by atoms with van der Waals surface area (Å²) in [6.07, 6.45) is 0. The normalized spacial score (nSPS) is 9.71. The number of halogens is 2. The van der Waals surface area contributed by atoms with Crippen molar-refractivity contribution in [1.29, 1.82) is 5.26 Å². The molecule has 2 aromatic carbocycles. The number of benzene rings is 2. The second-order valence-electron chi connectivity index (χ2n) is 3.31. The molecule has 4 heteroatoms. The van der Waals surface area contributed by atoms with Crippen molar-refractivity contribution in [2.45, 2.75) is 0 Å². The van der Waals surface area contributed by atoms with Gasteiger partial charge >= 0.3 is 0 Å². The van der Waals surface area contributed by atoms with Crippen molar-refractivity contribution in [3.05, 3.63) is 57.5 Å². The standard InChI is InChI=1S/C13H7BrClNO/c14-10-1-6-13(9(7-10)8-16)17-12-4-2-11(15)3-5-12/h1-7H. The largest absolute Gasteiger partial charge is 0.456 e. The lowest BCUT2D eigenvalue weighted by molar-refractivity contribution is 0.481. The van der Waals surface area contributed by atoms with Gasteiger partial charge in [0.15, 0.2) is 0 Å². The molecule has 0 spiro atoms. The highest BCUT2D eigenvalue weighted by molar-refractivity contribution is 9.10. The van der Waals surface area contributed by atoms with Crippen molar-refractivity contribution >= 4 is 27.5 Å². The quantitative estimate of drug-likeness (QED) is 0.801. The molecule has 2 aromatic rings. The van der Waals surface area contributed by atoms with Crippen LogP contribution in [0.15, 0.2) is 46.9 Å². The van der Waals surface area contributed by atoms with Gasteiger partial charge in [0.05, 0.1) is 5.56 Å². The number of hydrogen-bond acceptors (Lipinski definition) is 2. The van der Waals surface area contributed by atoms with Crippen LogP contribution in [0.25, 0.3) is 0 Å². The molecule has 2 nitrogen and oxygen atoms in total. The second kappa shape index (κ2) is 5.22. The molecule has 84 valence electrons. The maximum absolute atomic E-state index is 8.99. The number of ether oxygens (including phenoxy) is 1. The average molecular weight is 309 g/mol. The molecule has 0 aliphatic heterocycles. The molecule has 0 aromatic heterocycles. The van der Waals surface area contributed by atoms with Crippen LogP contribution in [0, 0.1) is 11.3 Å². The lowest BCUT2D eigenvalue weighted by Gasteiger charge is -2.07. The molecule has 0 bridgehead atoms. The van der Waals surface area contributed by atoms with Gasteiger partial charge in [0.2, 0.25) is 0 Å². The third-order valence-electron chi connectivity index (χ3n) is 2.10. The van der Waals surface area contributed by atoms with Gasteiger partial charge in [0, 0.05) is 9.50 Å². The summed E-state index contributed by atoms with van der Waals surface area (Å²) in [7, 11) is 0. The fourth-order valence-electron chi connectivity index (χ4n) is 1.31. The van der Waals surface area contributed by atoms with E-state index in [1.54, 1.807) is 36.4 Å². The molecule has 0 radical (unpaired) electrons. The van der Waals surface area contributed by atoms with Crippen LogP contribution in [-0.2, 0) is 0 Å². The van der Waals surface area contributed by atoms with Crippen LogP contribution in [0.5, 0.6) is 11.5 Å². The Morgan fingerprint density at radius 3 is 2.47 bits per heavy atom. The predicted octanol–water partition coefficient (Wildman–Crippen LogP) is 4.77. The molecular formula is C13H7BrClNO. The molecule has 0 fully saturated rings. The van der Waals surface area contributed by atoms with Crippen molar-refractivity contribution in [2.24, 2.45) is 0 Å². The van der Waals surface area contributed by atoms with E-state index in [1.165, 1.54) is 0 Å². The smallest absolute Gasteiger partial charge is 0.145 e. The van der Waals surface area contributed by atoms with Crippen LogP contribution < -0.4 is 4.74 Å². The summed E-state index contributed by atoms with van der Waals surface area (Å²) >= 11 is 9.09. The predicted molar refractivity (Wildman–Crippen MR) is 70.4 cm³/mol. The molecule has 17 heavy (non-hydrogen) atoms. The van der Waals surface area contributed by atoms with Crippen LogP contribution >= 0.6 is 27.5 Å². The summed E-state index contributed by atoms with van der Waals surface area (Å²) in [5.74, 6) is 1.17.